The summed E-state index contributed by atoms with van der Waals surface area (Å²) in [4.78, 5) is 29.2. The van der Waals surface area contributed by atoms with Gasteiger partial charge in [0, 0.05) is 32.1 Å². The van der Waals surface area contributed by atoms with E-state index in [1.807, 2.05) is 16.8 Å². The lowest BCUT2D eigenvalue weighted by Crippen LogP contribution is -2.40. The molecular weight excluding hydrogens is 326 g/mol. The zero-order chi connectivity index (χ0) is 16.4. The van der Waals surface area contributed by atoms with Gasteiger partial charge in [-0.25, -0.2) is 0 Å². The summed E-state index contributed by atoms with van der Waals surface area (Å²) in [5.41, 5.74) is 0. The molecule has 0 radical (unpaired) electrons. The van der Waals surface area contributed by atoms with E-state index < -0.39 is 0 Å². The molecule has 0 bridgehead atoms. The van der Waals surface area contributed by atoms with Crippen molar-refractivity contribution in [2.75, 3.05) is 33.2 Å². The smallest absolute Gasteiger partial charge is 0.228 e. The summed E-state index contributed by atoms with van der Waals surface area (Å²) in [6, 6.07) is 0.382. The second-order valence-electron chi connectivity index (χ2n) is 7.86. The van der Waals surface area contributed by atoms with Crippen molar-refractivity contribution in [2.24, 2.45) is 17.8 Å². The topological polar surface area (TPSA) is 52.7 Å². The summed E-state index contributed by atoms with van der Waals surface area (Å²) in [6.07, 6.45) is 6.16. The van der Waals surface area contributed by atoms with Crippen LogP contribution in [0.25, 0.3) is 0 Å². The molecule has 24 heavy (non-hydrogen) atoms. The average molecular weight is 358 g/mol. The fourth-order valence-electron chi connectivity index (χ4n) is 4.55. The third kappa shape index (κ3) is 4.23. The lowest BCUT2D eigenvalue weighted by atomic mass is 9.86. The normalized spacial score (nSPS) is 33.7. The van der Waals surface area contributed by atoms with Crippen LogP contribution in [0.1, 0.15) is 45.4 Å². The predicted molar refractivity (Wildman–Crippen MR) is 97.1 cm³/mol. The maximum atomic E-state index is 12.7. The van der Waals surface area contributed by atoms with Gasteiger partial charge in [-0.15, -0.1) is 12.4 Å². The zero-order valence-electron chi connectivity index (χ0n) is 15.0. The Labute approximate surface area is 151 Å². The van der Waals surface area contributed by atoms with E-state index >= 15 is 0 Å². The fraction of sp³-hybridized carbons (Fsp3) is 0.889. The Kier molecular flexibility index (Phi) is 6.93. The molecule has 2 atom stereocenters. The molecular formula is C18H32ClN3O2. The van der Waals surface area contributed by atoms with Gasteiger partial charge in [-0.2, -0.15) is 0 Å². The van der Waals surface area contributed by atoms with Crippen molar-refractivity contribution in [2.45, 2.75) is 51.5 Å². The Morgan fingerprint density at radius 2 is 1.88 bits per heavy atom. The highest BCUT2D eigenvalue weighted by Gasteiger charge is 2.41. The number of nitrogens with one attached hydrogen (secondary N) is 1. The second-order valence-corrected chi connectivity index (χ2v) is 7.86. The maximum Gasteiger partial charge on any atom is 0.228 e. The SMILES string of the molecule is CNCC1CCN(C(=O)C2CC(=O)N(C3CCC(C)CC3)C2)C1.Cl. The molecule has 0 aromatic heterocycles. The van der Waals surface area contributed by atoms with Crippen LogP contribution in [0, 0.1) is 17.8 Å². The summed E-state index contributed by atoms with van der Waals surface area (Å²) in [6.45, 7) is 5.63. The Hall–Kier alpha value is -0.810. The lowest BCUT2D eigenvalue weighted by molar-refractivity contribution is -0.135. The molecule has 2 saturated heterocycles. The van der Waals surface area contributed by atoms with E-state index in [2.05, 4.69) is 12.2 Å². The van der Waals surface area contributed by atoms with E-state index in [0.29, 0.717) is 24.9 Å². The molecule has 2 heterocycles. The van der Waals surface area contributed by atoms with Crippen molar-refractivity contribution in [3.63, 3.8) is 0 Å². The predicted octanol–water partition coefficient (Wildman–Crippen LogP) is 1.90. The van der Waals surface area contributed by atoms with E-state index in [-0.39, 0.29) is 30.1 Å². The van der Waals surface area contributed by atoms with E-state index in [1.165, 1.54) is 12.8 Å². The van der Waals surface area contributed by atoms with Gasteiger partial charge in [0.25, 0.3) is 0 Å². The van der Waals surface area contributed by atoms with Gasteiger partial charge >= 0.3 is 0 Å². The molecule has 6 heteroatoms. The molecule has 1 N–H and O–H groups in total. The first-order chi connectivity index (χ1) is 11.1. The molecule has 5 nitrogen and oxygen atoms in total. The molecule has 1 saturated carbocycles. The standard InChI is InChI=1S/C18H31N3O2.ClH/c1-13-3-5-16(6-4-13)21-12-15(9-17(21)22)18(23)20-8-7-14(11-20)10-19-2;/h13-16,19H,3-12H2,1-2H3;1H. The number of hydrogen-bond acceptors (Lipinski definition) is 3. The van der Waals surface area contributed by atoms with E-state index in [0.717, 1.165) is 44.8 Å². The molecule has 0 spiro atoms. The lowest BCUT2D eigenvalue weighted by Gasteiger charge is -2.33. The van der Waals surface area contributed by atoms with Crippen LogP contribution in [0.15, 0.2) is 0 Å². The molecule has 138 valence electrons. The van der Waals surface area contributed by atoms with Gasteiger partial charge in [-0.3, -0.25) is 9.59 Å². The number of likely N-dealkylation sites (tertiary alicyclic amines) is 2. The number of halogens is 1. The van der Waals surface area contributed by atoms with Gasteiger partial charge in [0.1, 0.15) is 0 Å². The number of rotatable bonds is 4. The minimum Gasteiger partial charge on any atom is -0.342 e. The van der Waals surface area contributed by atoms with Gasteiger partial charge in [0.2, 0.25) is 11.8 Å². The van der Waals surface area contributed by atoms with Crippen LogP contribution in [0.5, 0.6) is 0 Å². The molecule has 1 aliphatic carbocycles. The third-order valence-electron chi connectivity index (χ3n) is 6.02. The van der Waals surface area contributed by atoms with Crippen LogP contribution in [0.4, 0.5) is 0 Å². The molecule has 0 aromatic carbocycles. The summed E-state index contributed by atoms with van der Waals surface area (Å²) < 4.78 is 0. The minimum atomic E-state index is -0.102. The number of carbonyl (C=O) groups excluding carboxylic acids is 2. The van der Waals surface area contributed by atoms with Gasteiger partial charge < -0.3 is 15.1 Å². The molecule has 3 aliphatic rings. The monoisotopic (exact) mass is 357 g/mol. The molecule has 3 rings (SSSR count). The van der Waals surface area contributed by atoms with Crippen molar-refractivity contribution >= 4 is 24.2 Å². The maximum absolute atomic E-state index is 12.7. The van der Waals surface area contributed by atoms with E-state index in [9.17, 15) is 9.59 Å². The fourth-order valence-corrected chi connectivity index (χ4v) is 4.55. The summed E-state index contributed by atoms with van der Waals surface area (Å²) in [5.74, 6) is 1.67. The van der Waals surface area contributed by atoms with Crippen LogP contribution in [-0.4, -0.2) is 60.9 Å². The first kappa shape index (κ1) is 19.5. The number of nitrogens with zero attached hydrogens (tertiary/aromatic N) is 2. The van der Waals surface area contributed by atoms with Crippen LogP contribution in [0.2, 0.25) is 0 Å². The van der Waals surface area contributed by atoms with E-state index in [4.69, 9.17) is 0 Å². The Bertz CT molecular complexity index is 452. The van der Waals surface area contributed by atoms with Crippen LogP contribution >= 0.6 is 12.4 Å². The number of amides is 2. The number of carbonyl (C=O) groups is 2. The first-order valence-electron chi connectivity index (χ1n) is 9.31. The van der Waals surface area contributed by atoms with Crippen molar-refractivity contribution in [3.8, 4) is 0 Å². The third-order valence-corrected chi connectivity index (χ3v) is 6.02. The van der Waals surface area contributed by atoms with Crippen molar-refractivity contribution in [3.05, 3.63) is 0 Å². The summed E-state index contributed by atoms with van der Waals surface area (Å²) in [5, 5.41) is 3.20. The Morgan fingerprint density at radius 1 is 1.17 bits per heavy atom. The molecule has 2 aliphatic heterocycles. The Morgan fingerprint density at radius 3 is 2.54 bits per heavy atom. The van der Waals surface area contributed by atoms with Gasteiger partial charge in [0.15, 0.2) is 0 Å². The second kappa shape index (κ2) is 8.52. The molecule has 2 unspecified atom stereocenters. The van der Waals surface area contributed by atoms with Crippen LogP contribution < -0.4 is 5.32 Å². The molecule has 3 fully saturated rings. The number of hydrogen-bond donors (Lipinski definition) is 1. The van der Waals surface area contributed by atoms with Crippen LogP contribution in [0.3, 0.4) is 0 Å². The first-order valence-corrected chi connectivity index (χ1v) is 9.31. The van der Waals surface area contributed by atoms with Gasteiger partial charge in [-0.1, -0.05) is 6.92 Å². The highest BCUT2D eigenvalue weighted by Crippen LogP contribution is 2.32. The highest BCUT2D eigenvalue weighted by atomic mass is 35.5. The average Bonchev–Trinajstić information content (AvgIpc) is 3.15. The largest absolute Gasteiger partial charge is 0.342 e. The summed E-state index contributed by atoms with van der Waals surface area (Å²) in [7, 11) is 1.96. The van der Waals surface area contributed by atoms with Crippen molar-refractivity contribution < 1.29 is 9.59 Å². The van der Waals surface area contributed by atoms with Gasteiger partial charge in [-0.05, 0) is 57.5 Å². The highest BCUT2D eigenvalue weighted by molar-refractivity contribution is 5.89. The van der Waals surface area contributed by atoms with Crippen molar-refractivity contribution in [1.29, 1.82) is 0 Å². The zero-order valence-corrected chi connectivity index (χ0v) is 15.8. The molecule has 0 aromatic rings. The Balaban J connectivity index is 0.00000208. The molecule has 2 amide bonds. The quantitative estimate of drug-likeness (QED) is 0.836. The van der Waals surface area contributed by atoms with E-state index in [1.54, 1.807) is 0 Å². The van der Waals surface area contributed by atoms with Crippen LogP contribution in [-0.2, 0) is 9.59 Å². The van der Waals surface area contributed by atoms with Gasteiger partial charge in [0.05, 0.1) is 5.92 Å². The minimum absolute atomic E-state index is 0. The summed E-state index contributed by atoms with van der Waals surface area (Å²) >= 11 is 0. The van der Waals surface area contributed by atoms with Crippen molar-refractivity contribution in [1.82, 2.24) is 15.1 Å².